The van der Waals surface area contributed by atoms with Crippen LogP contribution in [0.2, 0.25) is 0 Å². The number of hydrogen-bond acceptors (Lipinski definition) is 6. The summed E-state index contributed by atoms with van der Waals surface area (Å²) in [4.78, 5) is 37.1. The zero-order chi connectivity index (χ0) is 22.1. The van der Waals surface area contributed by atoms with Gasteiger partial charge in [0.2, 0.25) is 5.91 Å². The number of H-pyrrole nitrogens is 1. The fraction of sp³-hybridized carbons (Fsp3) is 0.458. The Balaban J connectivity index is 1.12. The smallest absolute Gasteiger partial charge is 0.259 e. The first-order chi connectivity index (χ1) is 15.6. The van der Waals surface area contributed by atoms with Gasteiger partial charge in [-0.05, 0) is 68.4 Å². The number of amides is 1. The van der Waals surface area contributed by atoms with E-state index in [1.807, 2.05) is 6.07 Å². The molecule has 2 aliphatic rings. The number of hydrogen-bond donors (Lipinski definition) is 2. The number of fused-ring (bicyclic) bond motifs is 3. The van der Waals surface area contributed by atoms with Crippen LogP contribution in [0.4, 0.5) is 11.4 Å². The lowest BCUT2D eigenvalue weighted by Gasteiger charge is -2.20. The number of nitrogens with one attached hydrogen (secondary N) is 2. The SMILES string of the molecule is Cc1cc(NC(=O)CCSCc2nc3sc4c(c3c(=O)[nH]2)CCC4)ccc1N1CCCC1. The topological polar surface area (TPSA) is 78.1 Å². The van der Waals surface area contributed by atoms with Gasteiger partial charge in [-0.15, -0.1) is 11.3 Å². The summed E-state index contributed by atoms with van der Waals surface area (Å²) in [6, 6.07) is 6.17. The third-order valence-corrected chi connectivity index (χ3v) is 8.42. The van der Waals surface area contributed by atoms with Crippen molar-refractivity contribution in [2.75, 3.05) is 29.1 Å². The Morgan fingerprint density at radius 1 is 1.25 bits per heavy atom. The third-order valence-electron chi connectivity index (χ3n) is 6.26. The number of carbonyl (C=O) groups excluding carboxylic acids is 1. The summed E-state index contributed by atoms with van der Waals surface area (Å²) >= 11 is 3.28. The molecule has 3 aromatic rings. The Bertz CT molecular complexity index is 1210. The standard InChI is InChI=1S/C24H28N4O2S2/c1-15-13-16(7-8-18(15)28-10-2-3-11-28)25-21(29)9-12-31-14-20-26-23(30)22-17-5-4-6-19(17)32-24(22)27-20/h7-8,13H,2-6,9-12,14H2,1H3,(H,25,29)(H,26,27,30). The summed E-state index contributed by atoms with van der Waals surface area (Å²) in [5, 5.41) is 3.81. The van der Waals surface area contributed by atoms with Gasteiger partial charge in [0.1, 0.15) is 10.7 Å². The highest BCUT2D eigenvalue weighted by Gasteiger charge is 2.21. The van der Waals surface area contributed by atoms with Gasteiger partial charge < -0.3 is 15.2 Å². The van der Waals surface area contributed by atoms with Crippen molar-refractivity contribution in [3.63, 3.8) is 0 Å². The number of rotatable bonds is 7. The molecular formula is C24H28N4O2S2. The molecule has 1 aromatic carbocycles. The second-order valence-corrected chi connectivity index (χ2v) is 10.8. The molecule has 6 nitrogen and oxygen atoms in total. The van der Waals surface area contributed by atoms with E-state index < -0.39 is 0 Å². The minimum absolute atomic E-state index is 0.0115. The molecule has 2 N–H and O–H groups in total. The summed E-state index contributed by atoms with van der Waals surface area (Å²) in [7, 11) is 0. The Kier molecular flexibility index (Phi) is 6.24. The van der Waals surface area contributed by atoms with Gasteiger partial charge in [-0.2, -0.15) is 11.8 Å². The molecule has 1 saturated heterocycles. The molecule has 32 heavy (non-hydrogen) atoms. The van der Waals surface area contributed by atoms with E-state index in [1.165, 1.54) is 34.5 Å². The van der Waals surface area contributed by atoms with Crippen molar-refractivity contribution in [3.8, 4) is 0 Å². The Labute approximate surface area is 195 Å². The van der Waals surface area contributed by atoms with Gasteiger partial charge in [0.15, 0.2) is 0 Å². The summed E-state index contributed by atoms with van der Waals surface area (Å²) in [5.41, 5.74) is 4.51. The van der Waals surface area contributed by atoms with Crippen LogP contribution in [0.15, 0.2) is 23.0 Å². The summed E-state index contributed by atoms with van der Waals surface area (Å²) in [6.07, 6.45) is 6.12. The van der Waals surface area contributed by atoms with Crippen molar-refractivity contribution < 1.29 is 4.79 Å². The van der Waals surface area contributed by atoms with Crippen LogP contribution in [0.3, 0.4) is 0 Å². The van der Waals surface area contributed by atoms with Crippen molar-refractivity contribution in [1.82, 2.24) is 9.97 Å². The lowest BCUT2D eigenvalue weighted by molar-refractivity contribution is -0.115. The minimum atomic E-state index is -0.0181. The molecule has 0 unspecified atom stereocenters. The highest BCUT2D eigenvalue weighted by Crippen LogP contribution is 2.34. The normalized spacial score (nSPS) is 15.5. The maximum Gasteiger partial charge on any atom is 0.259 e. The monoisotopic (exact) mass is 468 g/mol. The zero-order valence-electron chi connectivity index (χ0n) is 18.3. The average molecular weight is 469 g/mol. The minimum Gasteiger partial charge on any atom is -0.371 e. The molecule has 3 heterocycles. The highest BCUT2D eigenvalue weighted by molar-refractivity contribution is 7.98. The Morgan fingerprint density at radius 3 is 2.91 bits per heavy atom. The van der Waals surface area contributed by atoms with Crippen LogP contribution in [-0.4, -0.2) is 34.7 Å². The van der Waals surface area contributed by atoms with Gasteiger partial charge in [0.05, 0.1) is 11.1 Å². The van der Waals surface area contributed by atoms with E-state index in [2.05, 4.69) is 39.2 Å². The number of thiophene rings is 1. The predicted molar refractivity (Wildman–Crippen MR) is 134 cm³/mol. The van der Waals surface area contributed by atoms with Crippen LogP contribution in [0.25, 0.3) is 10.2 Å². The molecule has 0 spiro atoms. The van der Waals surface area contributed by atoms with Crippen molar-refractivity contribution >= 4 is 50.6 Å². The number of aromatic amines is 1. The van der Waals surface area contributed by atoms with Crippen LogP contribution < -0.4 is 15.8 Å². The lowest BCUT2D eigenvalue weighted by Crippen LogP contribution is -2.19. The largest absolute Gasteiger partial charge is 0.371 e. The fourth-order valence-corrected chi connectivity index (χ4v) is 6.80. The third kappa shape index (κ3) is 4.43. The highest BCUT2D eigenvalue weighted by atomic mass is 32.2. The van der Waals surface area contributed by atoms with Crippen molar-refractivity contribution in [1.29, 1.82) is 0 Å². The van der Waals surface area contributed by atoms with E-state index in [9.17, 15) is 9.59 Å². The van der Waals surface area contributed by atoms with E-state index in [0.717, 1.165) is 48.3 Å². The molecule has 8 heteroatoms. The molecule has 5 rings (SSSR count). The first-order valence-electron chi connectivity index (χ1n) is 11.3. The molecule has 0 saturated carbocycles. The number of benzene rings is 1. The van der Waals surface area contributed by atoms with E-state index in [0.29, 0.717) is 23.8 Å². The number of anilines is 2. The zero-order valence-corrected chi connectivity index (χ0v) is 20.0. The van der Waals surface area contributed by atoms with E-state index in [1.54, 1.807) is 23.1 Å². The molecule has 1 fully saturated rings. The Hall–Kier alpha value is -2.32. The van der Waals surface area contributed by atoms with Gasteiger partial charge in [-0.3, -0.25) is 9.59 Å². The first-order valence-corrected chi connectivity index (χ1v) is 13.3. The van der Waals surface area contributed by atoms with Crippen LogP contribution in [-0.2, 0) is 23.4 Å². The maximum absolute atomic E-state index is 12.5. The molecule has 2 aromatic heterocycles. The predicted octanol–water partition coefficient (Wildman–Crippen LogP) is 4.64. The maximum atomic E-state index is 12.5. The van der Waals surface area contributed by atoms with Gasteiger partial charge in [-0.1, -0.05) is 0 Å². The van der Waals surface area contributed by atoms with Gasteiger partial charge in [0, 0.05) is 41.5 Å². The number of carbonyl (C=O) groups is 1. The van der Waals surface area contributed by atoms with Crippen LogP contribution in [0.1, 0.15) is 47.5 Å². The lowest BCUT2D eigenvalue weighted by atomic mass is 10.1. The van der Waals surface area contributed by atoms with E-state index in [-0.39, 0.29) is 11.5 Å². The summed E-state index contributed by atoms with van der Waals surface area (Å²) < 4.78 is 0. The average Bonchev–Trinajstić information content (AvgIpc) is 3.49. The fourth-order valence-electron chi connectivity index (χ4n) is 4.72. The second kappa shape index (κ2) is 9.27. The quantitative estimate of drug-likeness (QED) is 0.494. The number of aromatic nitrogens is 2. The van der Waals surface area contributed by atoms with Gasteiger partial charge in [-0.25, -0.2) is 4.98 Å². The van der Waals surface area contributed by atoms with Crippen molar-refractivity contribution in [2.24, 2.45) is 0 Å². The summed E-state index contributed by atoms with van der Waals surface area (Å²) in [6.45, 7) is 4.34. The molecule has 1 amide bonds. The molecule has 1 aliphatic heterocycles. The number of aryl methyl sites for hydroxylation is 3. The molecule has 0 atom stereocenters. The van der Waals surface area contributed by atoms with Gasteiger partial charge >= 0.3 is 0 Å². The Morgan fingerprint density at radius 2 is 2.09 bits per heavy atom. The van der Waals surface area contributed by atoms with Crippen LogP contribution >= 0.6 is 23.1 Å². The molecule has 1 aliphatic carbocycles. The molecular weight excluding hydrogens is 440 g/mol. The molecule has 0 bridgehead atoms. The van der Waals surface area contributed by atoms with E-state index in [4.69, 9.17) is 0 Å². The van der Waals surface area contributed by atoms with Crippen LogP contribution in [0.5, 0.6) is 0 Å². The van der Waals surface area contributed by atoms with Crippen molar-refractivity contribution in [3.05, 3.63) is 50.4 Å². The number of nitrogens with zero attached hydrogens (tertiary/aromatic N) is 2. The van der Waals surface area contributed by atoms with Crippen molar-refractivity contribution in [2.45, 2.75) is 51.2 Å². The molecule has 0 radical (unpaired) electrons. The first kappa shape index (κ1) is 21.5. The van der Waals surface area contributed by atoms with E-state index >= 15 is 0 Å². The molecule has 168 valence electrons. The van der Waals surface area contributed by atoms with Crippen LogP contribution in [0, 0.1) is 6.92 Å². The number of thioether (sulfide) groups is 1. The summed E-state index contributed by atoms with van der Waals surface area (Å²) in [5.74, 6) is 1.99. The second-order valence-electron chi connectivity index (χ2n) is 8.60. The van der Waals surface area contributed by atoms with Gasteiger partial charge in [0.25, 0.3) is 5.56 Å².